The number of unbranched alkanes of at least 4 members (excludes halogenated alkanes) is 2. The average molecular weight is 510 g/mol. The molecule has 1 N–H and O–H groups in total. The molecular formula is C34H39NO3. The van der Waals surface area contributed by atoms with Gasteiger partial charge in [-0.1, -0.05) is 81.3 Å². The number of benzene rings is 3. The van der Waals surface area contributed by atoms with Crippen LogP contribution in [0.1, 0.15) is 84.1 Å². The van der Waals surface area contributed by atoms with Crippen LogP contribution >= 0.6 is 0 Å². The van der Waals surface area contributed by atoms with Gasteiger partial charge in [-0.25, -0.2) is 4.79 Å². The fraction of sp³-hybridized carbons (Fsp3) is 0.353. The fourth-order valence-electron chi connectivity index (χ4n) is 4.28. The largest absolute Gasteiger partial charge is 0.465 e. The molecule has 4 heteroatoms. The molecule has 0 fully saturated rings. The Balaban J connectivity index is 1.57. The molecule has 0 heterocycles. The predicted octanol–water partition coefficient (Wildman–Crippen LogP) is 6.88. The van der Waals surface area contributed by atoms with Crippen LogP contribution in [0.25, 0.3) is 0 Å². The number of carbonyl (C=O) groups is 2. The van der Waals surface area contributed by atoms with Gasteiger partial charge in [0.05, 0.1) is 12.7 Å². The van der Waals surface area contributed by atoms with Crippen LogP contribution in [-0.4, -0.2) is 19.0 Å². The van der Waals surface area contributed by atoms with E-state index in [4.69, 9.17) is 4.74 Å². The second-order valence-corrected chi connectivity index (χ2v) is 9.70. The Labute approximate surface area is 227 Å². The van der Waals surface area contributed by atoms with Crippen LogP contribution in [0.4, 0.5) is 0 Å². The lowest BCUT2D eigenvalue weighted by Gasteiger charge is -2.17. The fourth-order valence-corrected chi connectivity index (χ4v) is 4.28. The molecule has 0 saturated heterocycles. The van der Waals surface area contributed by atoms with E-state index in [9.17, 15) is 9.59 Å². The van der Waals surface area contributed by atoms with Gasteiger partial charge in [-0.15, -0.1) is 0 Å². The van der Waals surface area contributed by atoms with E-state index in [1.54, 1.807) is 12.1 Å². The van der Waals surface area contributed by atoms with Crippen LogP contribution < -0.4 is 5.32 Å². The summed E-state index contributed by atoms with van der Waals surface area (Å²) in [5.41, 5.74) is 5.92. The molecule has 38 heavy (non-hydrogen) atoms. The summed E-state index contributed by atoms with van der Waals surface area (Å²) in [6, 6.07) is 23.9. The van der Waals surface area contributed by atoms with Crippen LogP contribution in [0.15, 0.2) is 72.8 Å². The molecule has 0 radical (unpaired) electrons. The van der Waals surface area contributed by atoms with Crippen molar-refractivity contribution in [1.29, 1.82) is 0 Å². The number of hydrogen-bond donors (Lipinski definition) is 1. The van der Waals surface area contributed by atoms with Gasteiger partial charge in [-0.05, 0) is 78.8 Å². The maximum Gasteiger partial charge on any atom is 0.337 e. The summed E-state index contributed by atoms with van der Waals surface area (Å²) in [5.74, 6) is 6.11. The third-order valence-electron chi connectivity index (χ3n) is 6.68. The Kier molecular flexibility index (Phi) is 11.7. The van der Waals surface area contributed by atoms with Gasteiger partial charge in [0.1, 0.15) is 0 Å². The van der Waals surface area contributed by atoms with Crippen molar-refractivity contribution < 1.29 is 14.3 Å². The van der Waals surface area contributed by atoms with E-state index in [2.05, 4.69) is 67.4 Å². The summed E-state index contributed by atoms with van der Waals surface area (Å²) in [6.07, 6.45) is 7.13. The first-order chi connectivity index (χ1) is 18.5. The highest BCUT2D eigenvalue weighted by atomic mass is 16.5. The van der Waals surface area contributed by atoms with E-state index >= 15 is 0 Å². The molecule has 0 saturated carbocycles. The highest BCUT2D eigenvalue weighted by Crippen LogP contribution is 2.17. The van der Waals surface area contributed by atoms with Gasteiger partial charge in [0.15, 0.2) is 0 Å². The smallest absolute Gasteiger partial charge is 0.337 e. The lowest BCUT2D eigenvalue weighted by molar-refractivity contribution is -0.125. The zero-order chi connectivity index (χ0) is 27.2. The van der Waals surface area contributed by atoms with Gasteiger partial charge >= 0.3 is 5.97 Å². The second kappa shape index (κ2) is 15.4. The van der Waals surface area contributed by atoms with Gasteiger partial charge in [0.2, 0.25) is 5.91 Å². The number of carbonyl (C=O) groups excluding carboxylic acids is 2. The van der Waals surface area contributed by atoms with Crippen LogP contribution in [0.3, 0.4) is 0 Å². The molecule has 198 valence electrons. The zero-order valence-electron chi connectivity index (χ0n) is 22.9. The summed E-state index contributed by atoms with van der Waals surface area (Å²) in [5, 5.41) is 3.08. The maximum atomic E-state index is 13.0. The third kappa shape index (κ3) is 9.23. The van der Waals surface area contributed by atoms with Crippen molar-refractivity contribution in [2.75, 3.05) is 7.11 Å². The summed E-state index contributed by atoms with van der Waals surface area (Å²) in [6.45, 7) is 4.78. The lowest BCUT2D eigenvalue weighted by Crippen LogP contribution is -2.31. The third-order valence-corrected chi connectivity index (χ3v) is 6.68. The van der Waals surface area contributed by atoms with E-state index < -0.39 is 0 Å². The predicted molar refractivity (Wildman–Crippen MR) is 154 cm³/mol. The Morgan fingerprint density at radius 2 is 1.32 bits per heavy atom. The average Bonchev–Trinajstić information content (AvgIpc) is 2.96. The monoisotopic (exact) mass is 509 g/mol. The van der Waals surface area contributed by atoms with Crippen LogP contribution in [0.5, 0.6) is 0 Å². The van der Waals surface area contributed by atoms with E-state index in [-0.39, 0.29) is 17.8 Å². The second-order valence-electron chi connectivity index (χ2n) is 9.70. The van der Waals surface area contributed by atoms with Crippen LogP contribution in [0.2, 0.25) is 0 Å². The van der Waals surface area contributed by atoms with E-state index in [1.807, 2.05) is 24.3 Å². The number of amides is 1. The highest BCUT2D eigenvalue weighted by Gasteiger charge is 2.18. The first-order valence-electron chi connectivity index (χ1n) is 13.7. The normalized spacial score (nSPS) is 11.2. The summed E-state index contributed by atoms with van der Waals surface area (Å²) >= 11 is 0. The van der Waals surface area contributed by atoms with Crippen LogP contribution in [0, 0.1) is 17.8 Å². The minimum atomic E-state index is -0.367. The molecule has 0 aromatic heterocycles. The molecule has 0 spiro atoms. The molecule has 3 aromatic rings. The van der Waals surface area contributed by atoms with Crippen LogP contribution in [-0.2, 0) is 28.9 Å². The molecule has 4 nitrogen and oxygen atoms in total. The van der Waals surface area contributed by atoms with Gasteiger partial charge in [-0.2, -0.15) is 0 Å². The molecule has 1 amide bonds. The van der Waals surface area contributed by atoms with Gasteiger partial charge < -0.3 is 10.1 Å². The first-order valence-corrected chi connectivity index (χ1v) is 13.7. The van der Waals surface area contributed by atoms with Crippen molar-refractivity contribution in [2.24, 2.45) is 5.92 Å². The van der Waals surface area contributed by atoms with Crippen molar-refractivity contribution in [1.82, 2.24) is 5.32 Å². The standard InChI is InChI=1S/C34H39NO3/c1-4-6-8-26-10-12-27(13-11-26)14-15-28-16-18-29(19-17-28)24-32(9-7-5-2)33(36)35-25-30-20-22-31(23-21-30)34(37)38-3/h10-13,16-23,32H,4-9,24-25H2,1-3H3,(H,35,36). The number of aryl methyl sites for hydroxylation is 1. The minimum absolute atomic E-state index is 0.0572. The summed E-state index contributed by atoms with van der Waals surface area (Å²) in [4.78, 5) is 24.7. The van der Waals surface area contributed by atoms with Crippen molar-refractivity contribution in [3.05, 3.63) is 106 Å². The quantitative estimate of drug-likeness (QED) is 0.214. The molecule has 3 rings (SSSR count). The number of methoxy groups -OCH3 is 1. The Morgan fingerprint density at radius 3 is 1.87 bits per heavy atom. The van der Waals surface area contributed by atoms with Gasteiger partial charge in [0.25, 0.3) is 0 Å². The number of esters is 1. The molecule has 3 aromatic carbocycles. The lowest BCUT2D eigenvalue weighted by atomic mass is 9.92. The van der Waals surface area contributed by atoms with Crippen molar-refractivity contribution in [2.45, 2.75) is 65.3 Å². The molecule has 0 aliphatic carbocycles. The topological polar surface area (TPSA) is 55.4 Å². The Bertz CT molecular complexity index is 1220. The van der Waals surface area contributed by atoms with Gasteiger partial charge in [-0.3, -0.25) is 4.79 Å². The summed E-state index contributed by atoms with van der Waals surface area (Å²) < 4.78 is 4.74. The number of rotatable bonds is 12. The highest BCUT2D eigenvalue weighted by molar-refractivity contribution is 5.89. The maximum absolute atomic E-state index is 13.0. The van der Waals surface area contributed by atoms with Gasteiger partial charge in [0, 0.05) is 23.6 Å². The Hall–Kier alpha value is -3.84. The first kappa shape index (κ1) is 28.7. The molecule has 0 aliphatic rings. The minimum Gasteiger partial charge on any atom is -0.465 e. The SMILES string of the molecule is CCCCc1ccc(C#Cc2ccc(CC(CCCC)C(=O)NCc3ccc(C(=O)OC)cc3)cc2)cc1. The van der Waals surface area contributed by atoms with E-state index in [1.165, 1.54) is 25.5 Å². The van der Waals surface area contributed by atoms with E-state index in [0.29, 0.717) is 18.5 Å². The van der Waals surface area contributed by atoms with Crippen molar-refractivity contribution in [3.8, 4) is 11.8 Å². The zero-order valence-corrected chi connectivity index (χ0v) is 22.9. The Morgan fingerprint density at radius 1 is 0.763 bits per heavy atom. The molecule has 0 aliphatic heterocycles. The number of nitrogens with one attached hydrogen (secondary N) is 1. The number of ether oxygens (including phenoxy) is 1. The van der Waals surface area contributed by atoms with Crippen molar-refractivity contribution >= 4 is 11.9 Å². The van der Waals surface area contributed by atoms with E-state index in [0.717, 1.165) is 47.9 Å². The summed E-state index contributed by atoms with van der Waals surface area (Å²) in [7, 11) is 1.36. The molecule has 0 bridgehead atoms. The molecule has 1 atom stereocenters. The molecular weight excluding hydrogens is 470 g/mol. The van der Waals surface area contributed by atoms with Crippen molar-refractivity contribution in [3.63, 3.8) is 0 Å². The number of hydrogen-bond acceptors (Lipinski definition) is 3. The molecule has 1 unspecified atom stereocenters.